The average Bonchev–Trinajstić information content (AvgIpc) is 2.52. The van der Waals surface area contributed by atoms with Crippen molar-refractivity contribution in [3.63, 3.8) is 0 Å². The van der Waals surface area contributed by atoms with Crippen LogP contribution in [0.15, 0.2) is 12.4 Å². The van der Waals surface area contributed by atoms with Gasteiger partial charge in [-0.05, 0) is 20.8 Å². The number of halogens is 3. The first kappa shape index (κ1) is 19.2. The number of anilines is 1. The van der Waals surface area contributed by atoms with Crippen molar-refractivity contribution >= 4 is 12.0 Å². The molecule has 1 saturated heterocycles. The molecule has 1 fully saturated rings. The Balaban J connectivity index is 2.08. The Hall–Kier alpha value is -2.10. The lowest BCUT2D eigenvalue weighted by Gasteiger charge is -2.40. The fourth-order valence-electron chi connectivity index (χ4n) is 2.38. The highest BCUT2D eigenvalue weighted by Gasteiger charge is 2.34. The van der Waals surface area contributed by atoms with E-state index < -0.39 is 29.5 Å². The third-order valence-electron chi connectivity index (χ3n) is 3.57. The molecule has 0 aromatic carbocycles. The number of piperazine rings is 1. The van der Waals surface area contributed by atoms with Gasteiger partial charge in [0.2, 0.25) is 5.95 Å². The molecule has 2 heterocycles. The van der Waals surface area contributed by atoms with Crippen molar-refractivity contribution in [2.75, 3.05) is 31.1 Å². The van der Waals surface area contributed by atoms with Gasteiger partial charge in [0.15, 0.2) is 0 Å². The van der Waals surface area contributed by atoms with Crippen LogP contribution in [0.4, 0.5) is 23.9 Å². The number of hydrogen-bond donors (Lipinski definition) is 1. The van der Waals surface area contributed by atoms with E-state index in [0.29, 0.717) is 12.4 Å². The molecule has 0 spiro atoms. The van der Waals surface area contributed by atoms with Gasteiger partial charge in [-0.2, -0.15) is 13.2 Å². The van der Waals surface area contributed by atoms with Gasteiger partial charge in [0.1, 0.15) is 5.60 Å². The molecule has 1 N–H and O–H groups in total. The average molecular weight is 362 g/mol. The van der Waals surface area contributed by atoms with Crippen LogP contribution in [0.2, 0.25) is 0 Å². The van der Waals surface area contributed by atoms with Crippen LogP contribution in [0.3, 0.4) is 0 Å². The van der Waals surface area contributed by atoms with Crippen molar-refractivity contribution in [3.05, 3.63) is 18.0 Å². The maximum absolute atomic E-state index is 12.6. The van der Waals surface area contributed by atoms with Crippen LogP contribution in [0.5, 0.6) is 0 Å². The minimum absolute atomic E-state index is 0.0795. The first-order valence-electron chi connectivity index (χ1n) is 7.76. The van der Waals surface area contributed by atoms with Gasteiger partial charge in [-0.15, -0.1) is 0 Å². The second kappa shape index (κ2) is 7.03. The monoisotopic (exact) mass is 362 g/mol. The Morgan fingerprint density at radius 2 is 1.88 bits per heavy atom. The van der Waals surface area contributed by atoms with Crippen LogP contribution in [0.1, 0.15) is 26.3 Å². The molecule has 1 amide bonds. The summed E-state index contributed by atoms with van der Waals surface area (Å²) in [6, 6.07) is -0.530. The third-order valence-corrected chi connectivity index (χ3v) is 3.57. The summed E-state index contributed by atoms with van der Waals surface area (Å²) in [5.74, 6) is 0.0795. The second-order valence-corrected chi connectivity index (χ2v) is 6.73. The molecule has 140 valence electrons. The fourth-order valence-corrected chi connectivity index (χ4v) is 2.38. The van der Waals surface area contributed by atoms with Gasteiger partial charge in [-0.25, -0.2) is 14.8 Å². The summed E-state index contributed by atoms with van der Waals surface area (Å²) in [5, 5.41) is 9.58. The van der Waals surface area contributed by atoms with E-state index in [0.717, 1.165) is 0 Å². The van der Waals surface area contributed by atoms with Gasteiger partial charge in [-0.3, -0.25) is 0 Å². The molecule has 10 heteroatoms. The van der Waals surface area contributed by atoms with E-state index in [4.69, 9.17) is 4.74 Å². The molecular formula is C15H21F3N4O3. The number of alkyl halides is 3. The number of rotatable bonds is 2. The summed E-state index contributed by atoms with van der Waals surface area (Å²) in [4.78, 5) is 22.6. The molecule has 1 aliphatic rings. The Labute approximate surface area is 143 Å². The number of aliphatic hydroxyl groups is 1. The van der Waals surface area contributed by atoms with Crippen molar-refractivity contribution in [1.82, 2.24) is 14.9 Å². The maximum Gasteiger partial charge on any atom is 0.419 e. The van der Waals surface area contributed by atoms with Gasteiger partial charge in [0.25, 0.3) is 0 Å². The lowest BCUT2D eigenvalue weighted by Crippen LogP contribution is -2.57. The number of ether oxygens (including phenoxy) is 1. The van der Waals surface area contributed by atoms with Crippen molar-refractivity contribution in [3.8, 4) is 0 Å². The van der Waals surface area contributed by atoms with Crippen molar-refractivity contribution < 1.29 is 27.8 Å². The zero-order valence-corrected chi connectivity index (χ0v) is 14.2. The molecule has 7 nitrogen and oxygen atoms in total. The Bertz CT molecular complexity index is 602. The minimum atomic E-state index is -4.51. The van der Waals surface area contributed by atoms with Gasteiger partial charge >= 0.3 is 12.3 Å². The summed E-state index contributed by atoms with van der Waals surface area (Å²) >= 11 is 0. The molecule has 1 unspecified atom stereocenters. The molecule has 1 atom stereocenters. The fraction of sp³-hybridized carbons (Fsp3) is 0.667. The Morgan fingerprint density at radius 1 is 1.28 bits per heavy atom. The summed E-state index contributed by atoms with van der Waals surface area (Å²) in [6.07, 6.45) is -3.60. The molecule has 25 heavy (non-hydrogen) atoms. The number of hydrogen-bond acceptors (Lipinski definition) is 6. The number of aromatic nitrogens is 2. The van der Waals surface area contributed by atoms with E-state index in [1.807, 2.05) is 0 Å². The van der Waals surface area contributed by atoms with Crippen LogP contribution in [-0.4, -0.2) is 64.0 Å². The zero-order valence-electron chi connectivity index (χ0n) is 14.2. The Morgan fingerprint density at radius 3 is 2.36 bits per heavy atom. The SMILES string of the molecule is CC(C)(C)OC(=O)N1CCN(c2ncc(C(F)(F)F)cn2)C(CO)C1. The molecule has 2 rings (SSSR count). The number of carbonyl (C=O) groups is 1. The zero-order chi connectivity index (χ0) is 18.8. The summed E-state index contributed by atoms with van der Waals surface area (Å²) < 4.78 is 43.1. The molecule has 1 aromatic heterocycles. The van der Waals surface area contributed by atoms with E-state index in [9.17, 15) is 23.1 Å². The third kappa shape index (κ3) is 4.94. The molecular weight excluding hydrogens is 341 g/mol. The largest absolute Gasteiger partial charge is 0.444 e. The number of aliphatic hydroxyl groups excluding tert-OH is 1. The van der Waals surface area contributed by atoms with E-state index in [1.54, 1.807) is 25.7 Å². The minimum Gasteiger partial charge on any atom is -0.444 e. The lowest BCUT2D eigenvalue weighted by atomic mass is 10.2. The van der Waals surface area contributed by atoms with Crippen LogP contribution in [0.25, 0.3) is 0 Å². The second-order valence-electron chi connectivity index (χ2n) is 6.73. The maximum atomic E-state index is 12.6. The topological polar surface area (TPSA) is 78.8 Å². The normalized spacial score (nSPS) is 19.1. The van der Waals surface area contributed by atoms with Crippen LogP contribution >= 0.6 is 0 Å². The van der Waals surface area contributed by atoms with E-state index in [-0.39, 0.29) is 32.2 Å². The van der Waals surface area contributed by atoms with E-state index in [2.05, 4.69) is 9.97 Å². The molecule has 1 aromatic rings. The number of nitrogens with zero attached hydrogens (tertiary/aromatic N) is 4. The smallest absolute Gasteiger partial charge is 0.419 e. The first-order chi connectivity index (χ1) is 11.5. The van der Waals surface area contributed by atoms with Crippen LogP contribution in [-0.2, 0) is 10.9 Å². The predicted octanol–water partition coefficient (Wildman–Crippen LogP) is 1.91. The van der Waals surface area contributed by atoms with Gasteiger partial charge in [0, 0.05) is 32.0 Å². The van der Waals surface area contributed by atoms with Gasteiger partial charge < -0.3 is 19.6 Å². The molecule has 0 bridgehead atoms. The highest BCUT2D eigenvalue weighted by molar-refractivity contribution is 5.68. The predicted molar refractivity (Wildman–Crippen MR) is 83.1 cm³/mol. The first-order valence-corrected chi connectivity index (χ1v) is 7.76. The molecule has 0 saturated carbocycles. The van der Waals surface area contributed by atoms with Crippen LogP contribution in [0, 0.1) is 0 Å². The summed E-state index contributed by atoms with van der Waals surface area (Å²) in [6.45, 7) is 5.67. The van der Waals surface area contributed by atoms with Crippen molar-refractivity contribution in [2.45, 2.75) is 38.6 Å². The van der Waals surface area contributed by atoms with Crippen molar-refractivity contribution in [1.29, 1.82) is 0 Å². The lowest BCUT2D eigenvalue weighted by molar-refractivity contribution is -0.138. The standard InChI is InChI=1S/C15H21F3N4O3/c1-14(2,3)25-13(24)21-4-5-22(11(8-21)9-23)12-19-6-10(7-20-12)15(16,17)18/h6-7,11,23H,4-5,8-9H2,1-3H3. The molecule has 0 radical (unpaired) electrons. The van der Waals surface area contributed by atoms with Crippen molar-refractivity contribution in [2.24, 2.45) is 0 Å². The quantitative estimate of drug-likeness (QED) is 0.866. The number of carbonyl (C=O) groups excluding carboxylic acids is 1. The van der Waals surface area contributed by atoms with E-state index >= 15 is 0 Å². The van der Waals surface area contributed by atoms with Gasteiger partial charge in [0.05, 0.1) is 18.2 Å². The molecule has 1 aliphatic heterocycles. The van der Waals surface area contributed by atoms with E-state index in [1.165, 1.54) is 4.90 Å². The summed E-state index contributed by atoms with van der Waals surface area (Å²) in [7, 11) is 0. The van der Waals surface area contributed by atoms with Crippen LogP contribution < -0.4 is 4.90 Å². The highest BCUT2D eigenvalue weighted by atomic mass is 19.4. The molecule has 0 aliphatic carbocycles. The summed E-state index contributed by atoms with van der Waals surface area (Å²) in [5.41, 5.74) is -1.58. The Kier molecular flexibility index (Phi) is 5.40. The number of amides is 1. The highest BCUT2D eigenvalue weighted by Crippen LogP contribution is 2.29. The van der Waals surface area contributed by atoms with Gasteiger partial charge in [-0.1, -0.05) is 0 Å².